The van der Waals surface area contributed by atoms with E-state index in [1.807, 2.05) is 19.9 Å². The van der Waals surface area contributed by atoms with Crippen LogP contribution in [-0.2, 0) is 0 Å². The van der Waals surface area contributed by atoms with Crippen molar-refractivity contribution in [3.05, 3.63) is 35.5 Å². The number of aromatic nitrogens is 3. The van der Waals surface area contributed by atoms with Crippen LogP contribution in [0.2, 0.25) is 0 Å². The number of hydrogen-bond donors (Lipinski definition) is 1. The molecule has 0 aliphatic heterocycles. The summed E-state index contributed by atoms with van der Waals surface area (Å²) in [6, 6.07) is 4.05. The molecule has 1 aliphatic carbocycles. The van der Waals surface area contributed by atoms with Crippen molar-refractivity contribution < 1.29 is 14.1 Å². The summed E-state index contributed by atoms with van der Waals surface area (Å²) in [5.74, 6) is 0.0246. The summed E-state index contributed by atoms with van der Waals surface area (Å²) in [6.07, 6.45) is 4.98. The van der Waals surface area contributed by atoms with Gasteiger partial charge in [0.15, 0.2) is 0 Å². The Balaban J connectivity index is 1.49. The molecule has 2 aromatic rings. The van der Waals surface area contributed by atoms with E-state index in [0.717, 1.165) is 37.1 Å². The highest BCUT2D eigenvalue weighted by atomic mass is 16.5. The van der Waals surface area contributed by atoms with Gasteiger partial charge in [-0.05, 0) is 45.6 Å². The summed E-state index contributed by atoms with van der Waals surface area (Å²) in [7, 11) is 0. The number of carbonyl (C=O) groups is 1. The second-order valence-electron chi connectivity index (χ2n) is 5.87. The minimum absolute atomic E-state index is 0.0923. The van der Waals surface area contributed by atoms with Crippen LogP contribution in [0.1, 0.15) is 47.6 Å². The highest BCUT2D eigenvalue weighted by Crippen LogP contribution is 2.22. The van der Waals surface area contributed by atoms with Crippen molar-refractivity contribution >= 4 is 5.91 Å². The van der Waals surface area contributed by atoms with E-state index in [0.29, 0.717) is 6.01 Å². The van der Waals surface area contributed by atoms with Gasteiger partial charge in [-0.3, -0.25) is 4.79 Å². The summed E-state index contributed by atoms with van der Waals surface area (Å²) in [5.41, 5.74) is 1.81. The highest BCUT2D eigenvalue weighted by Gasteiger charge is 2.25. The molecule has 0 spiro atoms. The molecule has 0 aromatic carbocycles. The second kappa shape index (κ2) is 6.76. The fraction of sp³-hybridized carbons (Fsp3) is 0.500. The Morgan fingerprint density at radius 1 is 1.22 bits per heavy atom. The van der Waals surface area contributed by atoms with Crippen molar-refractivity contribution in [1.29, 1.82) is 0 Å². The largest absolute Gasteiger partial charge is 0.460 e. The van der Waals surface area contributed by atoms with E-state index in [9.17, 15) is 4.79 Å². The molecule has 122 valence electrons. The summed E-state index contributed by atoms with van der Waals surface area (Å²) in [5, 5.41) is 6.50. The van der Waals surface area contributed by atoms with E-state index in [1.165, 1.54) is 6.20 Å². The monoisotopic (exact) mass is 316 g/mol. The minimum Gasteiger partial charge on any atom is -0.460 e. The Labute approximate surface area is 134 Å². The number of rotatable bonds is 4. The molecule has 1 N–H and O–H groups in total. The lowest BCUT2D eigenvalue weighted by molar-refractivity contribution is 0.0850. The van der Waals surface area contributed by atoms with Crippen LogP contribution in [0.15, 0.2) is 22.9 Å². The van der Waals surface area contributed by atoms with E-state index < -0.39 is 0 Å². The van der Waals surface area contributed by atoms with Gasteiger partial charge < -0.3 is 14.6 Å². The first kappa shape index (κ1) is 15.5. The van der Waals surface area contributed by atoms with E-state index in [-0.39, 0.29) is 23.8 Å². The Hall–Kier alpha value is -2.44. The number of nitrogens with zero attached hydrogens (tertiary/aromatic N) is 3. The lowest BCUT2D eigenvalue weighted by Gasteiger charge is -2.28. The van der Waals surface area contributed by atoms with Gasteiger partial charge in [-0.25, -0.2) is 9.97 Å². The first-order valence-electron chi connectivity index (χ1n) is 7.80. The molecule has 1 amide bonds. The number of aryl methyl sites for hydroxylation is 2. The van der Waals surface area contributed by atoms with Crippen LogP contribution in [0.5, 0.6) is 6.01 Å². The van der Waals surface area contributed by atoms with Gasteiger partial charge in [0.25, 0.3) is 5.91 Å². The zero-order valence-electron chi connectivity index (χ0n) is 13.3. The summed E-state index contributed by atoms with van der Waals surface area (Å²) >= 11 is 0. The van der Waals surface area contributed by atoms with Crippen molar-refractivity contribution in [3.63, 3.8) is 0 Å². The predicted octanol–water partition coefficient (Wildman–Crippen LogP) is 2.20. The lowest BCUT2D eigenvalue weighted by Crippen LogP contribution is -2.39. The lowest BCUT2D eigenvalue weighted by atomic mass is 9.93. The van der Waals surface area contributed by atoms with Gasteiger partial charge in [-0.1, -0.05) is 5.16 Å². The minimum atomic E-state index is -0.218. The predicted molar refractivity (Wildman–Crippen MR) is 82.1 cm³/mol. The smallest absolute Gasteiger partial charge is 0.317 e. The standard InChI is InChI=1S/C16H20N4O3/c1-10-9-11(2)19-16(18-10)22-13-5-3-12(4-6-13)20-15(21)14-7-8-17-23-14/h7-9,12-13H,3-6H2,1-2H3,(H,20,21). The molecule has 3 rings (SSSR count). The maximum absolute atomic E-state index is 11.9. The third kappa shape index (κ3) is 4.06. The average molecular weight is 316 g/mol. The topological polar surface area (TPSA) is 90.1 Å². The Morgan fingerprint density at radius 3 is 2.52 bits per heavy atom. The molecule has 0 unspecified atom stereocenters. The van der Waals surface area contributed by atoms with Crippen LogP contribution in [-0.4, -0.2) is 33.2 Å². The number of amides is 1. The zero-order valence-corrected chi connectivity index (χ0v) is 13.3. The maximum atomic E-state index is 11.9. The SMILES string of the molecule is Cc1cc(C)nc(OC2CCC(NC(=O)c3ccno3)CC2)n1. The molecule has 1 aliphatic rings. The molecular formula is C16H20N4O3. The van der Waals surface area contributed by atoms with Crippen molar-refractivity contribution in [1.82, 2.24) is 20.4 Å². The molecule has 0 saturated heterocycles. The third-order valence-electron chi connectivity index (χ3n) is 3.90. The molecule has 1 fully saturated rings. The van der Waals surface area contributed by atoms with E-state index in [1.54, 1.807) is 6.07 Å². The third-order valence-corrected chi connectivity index (χ3v) is 3.90. The molecule has 0 atom stereocenters. The van der Waals surface area contributed by atoms with Crippen molar-refractivity contribution in [2.24, 2.45) is 0 Å². The van der Waals surface area contributed by atoms with Gasteiger partial charge in [0, 0.05) is 23.5 Å². The Morgan fingerprint density at radius 2 is 1.91 bits per heavy atom. The zero-order chi connectivity index (χ0) is 16.2. The average Bonchev–Trinajstić information content (AvgIpc) is 3.02. The number of nitrogens with one attached hydrogen (secondary N) is 1. The van der Waals surface area contributed by atoms with E-state index >= 15 is 0 Å². The second-order valence-corrected chi connectivity index (χ2v) is 5.87. The van der Waals surface area contributed by atoms with Crippen molar-refractivity contribution in [2.45, 2.75) is 51.7 Å². The van der Waals surface area contributed by atoms with E-state index in [4.69, 9.17) is 9.26 Å². The van der Waals surface area contributed by atoms with Gasteiger partial charge in [0.2, 0.25) is 5.76 Å². The maximum Gasteiger partial charge on any atom is 0.317 e. The first-order chi connectivity index (χ1) is 11.1. The van der Waals surface area contributed by atoms with E-state index in [2.05, 4.69) is 20.4 Å². The van der Waals surface area contributed by atoms with Crippen LogP contribution in [0.4, 0.5) is 0 Å². The number of hydrogen-bond acceptors (Lipinski definition) is 6. The molecule has 0 bridgehead atoms. The van der Waals surface area contributed by atoms with Gasteiger partial charge in [0.05, 0.1) is 6.20 Å². The van der Waals surface area contributed by atoms with Gasteiger partial charge in [0.1, 0.15) is 6.10 Å². The Kier molecular flexibility index (Phi) is 4.55. The van der Waals surface area contributed by atoms with Crippen LogP contribution in [0, 0.1) is 13.8 Å². The quantitative estimate of drug-likeness (QED) is 0.930. The fourth-order valence-corrected chi connectivity index (χ4v) is 2.81. The van der Waals surface area contributed by atoms with Crippen LogP contribution in [0.3, 0.4) is 0 Å². The molecule has 7 heteroatoms. The number of ether oxygens (including phenoxy) is 1. The molecule has 0 radical (unpaired) electrons. The molecule has 1 saturated carbocycles. The van der Waals surface area contributed by atoms with Gasteiger partial charge in [-0.15, -0.1) is 0 Å². The Bertz CT molecular complexity index is 644. The highest BCUT2D eigenvalue weighted by molar-refractivity contribution is 5.91. The van der Waals surface area contributed by atoms with Crippen LogP contribution >= 0.6 is 0 Å². The summed E-state index contributed by atoms with van der Waals surface area (Å²) in [4.78, 5) is 20.5. The molecule has 2 aromatic heterocycles. The molecule has 23 heavy (non-hydrogen) atoms. The molecular weight excluding hydrogens is 296 g/mol. The van der Waals surface area contributed by atoms with Crippen LogP contribution < -0.4 is 10.1 Å². The normalized spacial score (nSPS) is 21.0. The molecule has 2 heterocycles. The van der Waals surface area contributed by atoms with Crippen LogP contribution in [0.25, 0.3) is 0 Å². The first-order valence-corrected chi connectivity index (χ1v) is 7.80. The van der Waals surface area contributed by atoms with Gasteiger partial charge in [-0.2, -0.15) is 0 Å². The number of carbonyl (C=O) groups excluding carboxylic acids is 1. The molecule has 7 nitrogen and oxygen atoms in total. The fourth-order valence-electron chi connectivity index (χ4n) is 2.81. The van der Waals surface area contributed by atoms with Crippen molar-refractivity contribution in [3.8, 4) is 6.01 Å². The summed E-state index contributed by atoms with van der Waals surface area (Å²) < 4.78 is 10.7. The van der Waals surface area contributed by atoms with Gasteiger partial charge >= 0.3 is 6.01 Å². The van der Waals surface area contributed by atoms with Crippen molar-refractivity contribution in [2.75, 3.05) is 0 Å². The summed E-state index contributed by atoms with van der Waals surface area (Å²) in [6.45, 7) is 3.86.